The van der Waals surface area contributed by atoms with Gasteiger partial charge in [-0.05, 0) is 180 Å². The summed E-state index contributed by atoms with van der Waals surface area (Å²) in [5.74, 6) is 0.154. The van der Waals surface area contributed by atoms with Gasteiger partial charge in [-0.1, -0.05) is 267 Å². The SMILES string of the molecule is C1=CC2=C(CC1)c1ccc(-n3c4ccccc4c4ccc(-c5ccccc5C5C=CC(N(c6ccc(-c7ccccc7)cc6)c6ccc7c(c6)C6(c8ccccc8-c8ccccc86)c6ccccc6-7)=CC5)cc43)cc1C2(c1ccccc1)c1ccccc1. The summed E-state index contributed by atoms with van der Waals surface area (Å²) < 4.78 is 2.53. The smallest absolute Gasteiger partial charge is 0.0726 e. The molecular weight excluding hydrogens is 1060 g/mol. The van der Waals surface area contributed by atoms with E-state index in [0.717, 1.165) is 36.3 Å². The van der Waals surface area contributed by atoms with Crippen LogP contribution in [0, 0.1) is 0 Å². The molecule has 1 unspecified atom stereocenters. The van der Waals surface area contributed by atoms with Gasteiger partial charge in [0.05, 0.1) is 21.9 Å². The normalized spacial score (nSPS) is 16.0. The van der Waals surface area contributed by atoms with Crippen LogP contribution in [0.3, 0.4) is 0 Å². The molecule has 0 bridgehead atoms. The van der Waals surface area contributed by atoms with Crippen LogP contribution in [0.25, 0.3) is 77.6 Å². The number of hydrogen-bond acceptors (Lipinski definition) is 1. The number of rotatable bonds is 9. The summed E-state index contributed by atoms with van der Waals surface area (Å²) in [5.41, 5.74) is 31.1. The van der Waals surface area contributed by atoms with Crippen molar-refractivity contribution in [1.29, 1.82) is 0 Å². The lowest BCUT2D eigenvalue weighted by molar-refractivity contribution is 0.755. The molecule has 1 heterocycles. The Bertz CT molecular complexity index is 5010. The Hall–Kier alpha value is -10.8. The highest BCUT2D eigenvalue weighted by molar-refractivity contribution is 6.10. The van der Waals surface area contributed by atoms with Crippen LogP contribution in [0.1, 0.15) is 75.3 Å². The highest BCUT2D eigenvalue weighted by atomic mass is 15.1. The molecule has 5 aliphatic carbocycles. The van der Waals surface area contributed by atoms with Crippen molar-refractivity contribution in [2.24, 2.45) is 0 Å². The largest absolute Gasteiger partial charge is 0.311 e. The molecule has 0 N–H and O–H groups in total. The second kappa shape index (κ2) is 19.9. The van der Waals surface area contributed by atoms with Gasteiger partial charge in [0.1, 0.15) is 0 Å². The first-order chi connectivity index (χ1) is 43.7. The highest BCUT2D eigenvalue weighted by Gasteiger charge is 2.52. The van der Waals surface area contributed by atoms with Crippen LogP contribution in [0.5, 0.6) is 0 Å². The summed E-state index contributed by atoms with van der Waals surface area (Å²) in [5, 5.41) is 2.50. The minimum absolute atomic E-state index is 0.154. The van der Waals surface area contributed by atoms with Gasteiger partial charge in [0.15, 0.2) is 0 Å². The molecule has 12 aromatic carbocycles. The third-order valence-electron chi connectivity index (χ3n) is 20.1. The Morgan fingerprint density at radius 1 is 0.375 bits per heavy atom. The maximum absolute atomic E-state index is 2.53. The summed E-state index contributed by atoms with van der Waals surface area (Å²) in [6.45, 7) is 0. The Morgan fingerprint density at radius 3 is 1.60 bits per heavy atom. The molecule has 0 saturated carbocycles. The van der Waals surface area contributed by atoms with E-state index in [1.165, 1.54) is 133 Å². The van der Waals surface area contributed by atoms with Crippen LogP contribution in [-0.2, 0) is 10.8 Å². The van der Waals surface area contributed by atoms with Gasteiger partial charge in [-0.2, -0.15) is 0 Å². The lowest BCUT2D eigenvalue weighted by atomic mass is 9.66. The van der Waals surface area contributed by atoms with Crippen molar-refractivity contribution >= 4 is 38.8 Å². The maximum atomic E-state index is 2.53. The summed E-state index contributed by atoms with van der Waals surface area (Å²) in [7, 11) is 0. The lowest BCUT2D eigenvalue weighted by Crippen LogP contribution is -2.29. The summed E-state index contributed by atoms with van der Waals surface area (Å²) in [4.78, 5) is 2.49. The van der Waals surface area contributed by atoms with Crippen LogP contribution in [-0.4, -0.2) is 4.57 Å². The first-order valence-corrected chi connectivity index (χ1v) is 31.2. The number of fused-ring (bicyclic) bond motifs is 15. The van der Waals surface area contributed by atoms with E-state index < -0.39 is 10.8 Å². The van der Waals surface area contributed by atoms with Crippen molar-refractivity contribution in [1.82, 2.24) is 4.57 Å². The molecule has 1 aromatic heterocycles. The first-order valence-electron chi connectivity index (χ1n) is 31.2. The van der Waals surface area contributed by atoms with Gasteiger partial charge in [-0.3, -0.25) is 0 Å². The summed E-state index contributed by atoms with van der Waals surface area (Å²) >= 11 is 0. The van der Waals surface area contributed by atoms with Gasteiger partial charge in [0.25, 0.3) is 0 Å². The molecule has 1 spiro atoms. The second-order valence-electron chi connectivity index (χ2n) is 24.4. The fourth-order valence-electron chi connectivity index (χ4n) is 16.5. The number of nitrogens with zero attached hydrogens (tertiary/aromatic N) is 2. The lowest BCUT2D eigenvalue weighted by Gasteiger charge is -2.35. The van der Waals surface area contributed by atoms with Crippen molar-refractivity contribution in [3.63, 3.8) is 0 Å². The predicted octanol–water partition coefficient (Wildman–Crippen LogP) is 21.7. The zero-order valence-electron chi connectivity index (χ0n) is 48.7. The minimum atomic E-state index is -0.458. The third kappa shape index (κ3) is 7.30. The molecular formula is C86H60N2. The molecule has 2 nitrogen and oxygen atoms in total. The van der Waals surface area contributed by atoms with E-state index in [9.17, 15) is 0 Å². The number of benzene rings is 12. The number of aromatic nitrogens is 1. The number of hydrogen-bond donors (Lipinski definition) is 0. The van der Waals surface area contributed by atoms with E-state index in [1.54, 1.807) is 0 Å². The first kappa shape index (κ1) is 50.5. The van der Waals surface area contributed by atoms with Gasteiger partial charge in [0.2, 0.25) is 0 Å². The van der Waals surface area contributed by atoms with Crippen molar-refractivity contribution in [2.45, 2.75) is 36.0 Å². The van der Waals surface area contributed by atoms with Gasteiger partial charge in [0, 0.05) is 39.4 Å². The van der Waals surface area contributed by atoms with Crippen molar-refractivity contribution in [3.05, 3.63) is 383 Å². The van der Waals surface area contributed by atoms with E-state index in [1.807, 2.05) is 0 Å². The van der Waals surface area contributed by atoms with Gasteiger partial charge in [-0.25, -0.2) is 0 Å². The third-order valence-corrected chi connectivity index (χ3v) is 20.1. The van der Waals surface area contributed by atoms with Crippen LogP contribution in [0.2, 0.25) is 0 Å². The number of anilines is 2. The molecule has 5 aliphatic rings. The molecule has 2 heteroatoms. The molecule has 0 aliphatic heterocycles. The minimum Gasteiger partial charge on any atom is -0.311 e. The quantitative estimate of drug-likeness (QED) is 0.140. The number of para-hydroxylation sites is 1. The standard InChI is InChI=1S/C86H60N2/c1-4-22-57(23-5-1)58-40-45-63(46-41-58)87(65-49-52-74-72-33-15-20-38-80(72)86(82(74)55-65)78-36-18-13-30-69(78)70-31-14-19-37-79(70)86)64-47-42-59(43-48-64)67-28-10-11-29-68(67)60-44-51-76-75-34-16-21-39-83(75)88(84(76)54-60)66-50-53-73-71-32-12-17-35-77(71)85(81(73)56-66,61-24-6-2-7-25-61)62-26-8-3-9-27-62/h1-11,13-31,33-42,44-56,59H,12,32,43H2. The molecule has 18 rings (SSSR count). The average molecular weight is 1120 g/mol. The van der Waals surface area contributed by atoms with Gasteiger partial charge in [-0.15, -0.1) is 0 Å². The van der Waals surface area contributed by atoms with E-state index >= 15 is 0 Å². The van der Waals surface area contributed by atoms with Crippen LogP contribution >= 0.6 is 0 Å². The van der Waals surface area contributed by atoms with Crippen molar-refractivity contribution in [2.75, 3.05) is 4.90 Å². The predicted molar refractivity (Wildman–Crippen MR) is 366 cm³/mol. The second-order valence-corrected chi connectivity index (χ2v) is 24.4. The Labute approximate surface area is 514 Å². The monoisotopic (exact) mass is 1120 g/mol. The summed E-state index contributed by atoms with van der Waals surface area (Å²) in [6, 6.07) is 110. The maximum Gasteiger partial charge on any atom is 0.0726 e. The zero-order chi connectivity index (χ0) is 57.9. The Kier molecular flexibility index (Phi) is 11.4. The fourth-order valence-corrected chi connectivity index (χ4v) is 16.5. The molecule has 0 fully saturated rings. The zero-order valence-corrected chi connectivity index (χ0v) is 48.7. The van der Waals surface area contributed by atoms with Crippen LogP contribution in [0.4, 0.5) is 11.4 Å². The van der Waals surface area contributed by atoms with Gasteiger partial charge < -0.3 is 9.47 Å². The molecule has 0 saturated heterocycles. The molecule has 88 heavy (non-hydrogen) atoms. The fraction of sp³-hybridized carbons (Fsp3) is 0.0698. The molecule has 0 radical (unpaired) electrons. The molecule has 0 amide bonds. The molecule has 13 aromatic rings. The number of allylic oxidation sites excluding steroid dienone is 7. The Morgan fingerprint density at radius 2 is 0.920 bits per heavy atom. The molecule has 414 valence electrons. The highest BCUT2D eigenvalue weighted by Crippen LogP contribution is 2.64. The topological polar surface area (TPSA) is 8.17 Å². The van der Waals surface area contributed by atoms with E-state index in [0.29, 0.717) is 0 Å². The van der Waals surface area contributed by atoms with Gasteiger partial charge >= 0.3 is 0 Å². The van der Waals surface area contributed by atoms with Crippen LogP contribution < -0.4 is 4.90 Å². The van der Waals surface area contributed by atoms with E-state index in [2.05, 4.69) is 331 Å². The molecule has 1 atom stereocenters. The Balaban J connectivity index is 0.745. The van der Waals surface area contributed by atoms with Crippen LogP contribution in [0.15, 0.2) is 333 Å². The summed E-state index contributed by atoms with van der Waals surface area (Å²) in [6.07, 6.45) is 15.1. The van der Waals surface area contributed by atoms with Crippen molar-refractivity contribution in [3.8, 4) is 50.2 Å². The van der Waals surface area contributed by atoms with Crippen molar-refractivity contribution < 1.29 is 0 Å². The van der Waals surface area contributed by atoms with E-state index in [4.69, 9.17) is 0 Å². The van der Waals surface area contributed by atoms with E-state index in [-0.39, 0.29) is 5.92 Å². The average Bonchev–Trinajstić information content (AvgIpc) is 1.53.